The first-order valence-electron chi connectivity index (χ1n) is 26.5. The number of furan rings is 2. The summed E-state index contributed by atoms with van der Waals surface area (Å²) in [4.78, 5) is 2.45. The molecule has 0 fully saturated rings. The number of hydrogen-bond acceptors (Lipinski definition) is 4. The molecule has 1 N–H and O–H groups in total. The molecule has 11 aromatic rings. The fourth-order valence-electron chi connectivity index (χ4n) is 13.2. The highest BCUT2D eigenvalue weighted by atomic mass is 16.4. The quantitative estimate of drug-likeness (QED) is 0.175. The molecule has 2 aliphatic heterocycles. The van der Waals surface area contributed by atoms with Gasteiger partial charge in [0.15, 0.2) is 11.5 Å². The molecule has 0 bridgehead atoms. The van der Waals surface area contributed by atoms with Crippen LogP contribution in [0.15, 0.2) is 203 Å². The second kappa shape index (κ2) is 16.0. The first-order valence-corrected chi connectivity index (χ1v) is 26.5. The topological polar surface area (TPSA) is 41.6 Å². The average Bonchev–Trinajstić information content (AvgIpc) is 3.98. The van der Waals surface area contributed by atoms with Gasteiger partial charge in [-0.2, -0.15) is 0 Å². The van der Waals surface area contributed by atoms with Gasteiger partial charge in [0, 0.05) is 33.0 Å². The summed E-state index contributed by atoms with van der Waals surface area (Å²) in [6.07, 6.45) is 2.26. The molecule has 0 unspecified atom stereocenters. The van der Waals surface area contributed by atoms with E-state index in [2.05, 4.69) is 253 Å². The van der Waals surface area contributed by atoms with E-state index >= 15 is 0 Å². The minimum atomic E-state index is -0.624. The van der Waals surface area contributed by atoms with E-state index in [1.165, 1.54) is 55.3 Å². The van der Waals surface area contributed by atoms with Crippen LogP contribution in [0, 0.1) is 0 Å². The Morgan fingerprint density at radius 1 is 0.500 bits per heavy atom. The number of para-hydroxylation sites is 3. The van der Waals surface area contributed by atoms with Crippen molar-refractivity contribution in [1.82, 2.24) is 0 Å². The maximum Gasteiger partial charge on any atom is 0.204 e. The summed E-state index contributed by atoms with van der Waals surface area (Å²) in [7, 11) is 0.641. The third-order valence-corrected chi connectivity index (χ3v) is 17.2. The Labute approximate surface area is 434 Å². The Morgan fingerprint density at radius 3 is 1.85 bits per heavy atom. The summed E-state index contributed by atoms with van der Waals surface area (Å²) in [5.41, 5.74) is 22.1. The van der Waals surface area contributed by atoms with Gasteiger partial charge in [-0.15, -0.1) is 0 Å². The molecule has 0 saturated heterocycles. The molecular weight excluding hydrogens is 900 g/mol. The van der Waals surface area contributed by atoms with Gasteiger partial charge in [0.05, 0.1) is 22.5 Å². The third-order valence-electron chi connectivity index (χ3n) is 17.2. The Morgan fingerprint density at radius 2 is 1.14 bits per heavy atom. The van der Waals surface area contributed by atoms with Gasteiger partial charge in [-0.1, -0.05) is 200 Å². The van der Waals surface area contributed by atoms with Gasteiger partial charge in [0.1, 0.15) is 11.2 Å². The minimum Gasteiger partial charge on any atom is -0.454 e. The fourth-order valence-corrected chi connectivity index (χ4v) is 13.2. The summed E-state index contributed by atoms with van der Waals surface area (Å²) in [5, 5.41) is 7.45. The zero-order chi connectivity index (χ0) is 50.3. The monoisotopic (exact) mass is 958 g/mol. The molecule has 1 aliphatic carbocycles. The van der Waals surface area contributed by atoms with Crippen LogP contribution in [0.4, 0.5) is 28.6 Å². The van der Waals surface area contributed by atoms with Gasteiger partial charge in [0.25, 0.3) is 0 Å². The second-order valence-electron chi connectivity index (χ2n) is 23.5. The van der Waals surface area contributed by atoms with Crippen molar-refractivity contribution in [3.05, 3.63) is 233 Å². The molecule has 0 atom stereocenters. The highest BCUT2D eigenvalue weighted by Crippen LogP contribution is 2.57. The number of benzene rings is 9. The van der Waals surface area contributed by atoms with Crippen LogP contribution in [0.5, 0.6) is 0 Å². The van der Waals surface area contributed by atoms with Crippen LogP contribution in [-0.4, -0.2) is 7.28 Å². The van der Waals surface area contributed by atoms with Crippen molar-refractivity contribution in [3.63, 3.8) is 0 Å². The molecule has 0 spiro atoms. The van der Waals surface area contributed by atoms with Crippen molar-refractivity contribution in [2.75, 3.05) is 10.2 Å². The Hall–Kier alpha value is -8.02. The smallest absolute Gasteiger partial charge is 0.204 e. The molecule has 0 saturated carbocycles. The SMILES string of the molecule is CC(C)(C)c1ccc(N2c3oc4cc5c(cc4c3Bc3c(-c4cccc6c4Nc4ccccc4C6(c4ccccc4)c4ccccc4)cc4c(oc6ccccc64)c32)C(C)(C)CCC5(C)C)c(-c2ccccc2)c1. The van der Waals surface area contributed by atoms with Gasteiger partial charge in [-0.3, -0.25) is 4.90 Å². The van der Waals surface area contributed by atoms with Crippen molar-refractivity contribution in [3.8, 4) is 22.3 Å². The van der Waals surface area contributed by atoms with Crippen LogP contribution in [0.25, 0.3) is 55.2 Å². The summed E-state index contributed by atoms with van der Waals surface area (Å²) >= 11 is 0. The van der Waals surface area contributed by atoms with E-state index < -0.39 is 5.41 Å². The van der Waals surface area contributed by atoms with E-state index in [0.717, 1.165) is 91.3 Å². The van der Waals surface area contributed by atoms with Crippen LogP contribution in [0.3, 0.4) is 0 Å². The molecule has 3 aliphatic rings. The van der Waals surface area contributed by atoms with Crippen molar-refractivity contribution < 1.29 is 8.83 Å². The van der Waals surface area contributed by atoms with Gasteiger partial charge in [-0.05, 0) is 133 Å². The Kier molecular flexibility index (Phi) is 9.65. The van der Waals surface area contributed by atoms with Crippen molar-refractivity contribution in [1.29, 1.82) is 0 Å². The van der Waals surface area contributed by atoms with E-state index in [0.29, 0.717) is 7.28 Å². The lowest BCUT2D eigenvalue weighted by Gasteiger charge is -2.43. The van der Waals surface area contributed by atoms with Crippen molar-refractivity contribution in [2.45, 2.75) is 83.0 Å². The van der Waals surface area contributed by atoms with Gasteiger partial charge in [0.2, 0.25) is 7.28 Å². The van der Waals surface area contributed by atoms with Crippen molar-refractivity contribution >= 4 is 79.7 Å². The fraction of sp³-hybridized carbons (Fsp3) is 0.188. The predicted molar refractivity (Wildman–Crippen MR) is 311 cm³/mol. The number of nitrogens with zero attached hydrogens (tertiary/aromatic N) is 1. The summed E-state index contributed by atoms with van der Waals surface area (Å²) in [5.74, 6) is 0.847. The minimum absolute atomic E-state index is 0.0125. The lowest BCUT2D eigenvalue weighted by molar-refractivity contribution is 0.332. The molecule has 4 nitrogen and oxygen atoms in total. The first kappa shape index (κ1) is 44.7. The van der Waals surface area contributed by atoms with E-state index in [1.807, 2.05) is 0 Å². The van der Waals surface area contributed by atoms with Gasteiger partial charge < -0.3 is 14.2 Å². The third kappa shape index (κ3) is 6.48. The van der Waals surface area contributed by atoms with Crippen LogP contribution >= 0.6 is 0 Å². The molecule has 360 valence electrons. The van der Waals surface area contributed by atoms with Gasteiger partial charge >= 0.3 is 0 Å². The molecule has 9 aromatic carbocycles. The highest BCUT2D eigenvalue weighted by Gasteiger charge is 2.46. The number of nitrogens with one attached hydrogen (secondary N) is 1. The maximum atomic E-state index is 7.53. The number of rotatable bonds is 5. The maximum absolute atomic E-state index is 7.53. The van der Waals surface area contributed by atoms with Crippen LogP contribution in [-0.2, 0) is 21.7 Å². The first-order chi connectivity index (χ1) is 35.8. The molecule has 5 heteroatoms. The van der Waals surface area contributed by atoms with Crippen LogP contribution < -0.4 is 21.1 Å². The summed E-state index contributed by atoms with van der Waals surface area (Å²) in [6, 6.07) is 71.9. The largest absolute Gasteiger partial charge is 0.454 e. The average molecular weight is 959 g/mol. The predicted octanol–water partition coefficient (Wildman–Crippen LogP) is 16.9. The lowest BCUT2D eigenvalue weighted by atomic mass is 9.57. The van der Waals surface area contributed by atoms with Crippen LogP contribution in [0.1, 0.15) is 100 Å². The molecule has 0 radical (unpaired) electrons. The molecule has 2 aromatic heterocycles. The van der Waals surface area contributed by atoms with E-state index in [9.17, 15) is 0 Å². The summed E-state index contributed by atoms with van der Waals surface area (Å²) < 4.78 is 14.8. The normalized spacial score (nSPS) is 15.9. The van der Waals surface area contributed by atoms with Crippen LogP contribution in [0.2, 0.25) is 0 Å². The van der Waals surface area contributed by atoms with Crippen molar-refractivity contribution in [2.24, 2.45) is 0 Å². The molecule has 4 heterocycles. The second-order valence-corrected chi connectivity index (χ2v) is 23.5. The Balaban J connectivity index is 1.13. The molecule has 74 heavy (non-hydrogen) atoms. The standard InChI is InChI=1S/C69H59BN2O2/c1-66(2,3)45-34-35-57(48(38-45)42-22-11-8-12-23-42)72-63-60(70-61-51-40-54-55(41-59(51)74-65(61)72)68(6,7)37-36-67(54,4)5)49(39-50-46-28-17-20-33-58(46)73-64(50)63)47-29-21-31-53-62(47)71-56-32-19-18-30-52(56)69(53,43-24-13-9-14-25-43)44-26-15-10-16-27-44/h8-35,38-41,70-71H,36-37H2,1-7H3. The number of anilines is 5. The molecular formula is C69H59BN2O2. The lowest BCUT2D eigenvalue weighted by Crippen LogP contribution is -2.41. The van der Waals surface area contributed by atoms with E-state index in [4.69, 9.17) is 8.83 Å². The van der Waals surface area contributed by atoms with E-state index in [1.54, 1.807) is 0 Å². The van der Waals surface area contributed by atoms with Gasteiger partial charge in [-0.25, -0.2) is 0 Å². The molecule has 14 rings (SSSR count). The number of fused-ring (bicyclic) bond motifs is 11. The number of hydrogen-bond donors (Lipinski definition) is 1. The van der Waals surface area contributed by atoms with E-state index in [-0.39, 0.29) is 16.2 Å². The zero-order valence-electron chi connectivity index (χ0n) is 43.4. The Bertz CT molecular complexity index is 4020. The zero-order valence-corrected chi connectivity index (χ0v) is 43.4. The summed E-state index contributed by atoms with van der Waals surface area (Å²) in [6.45, 7) is 16.6. The molecule has 0 amide bonds. The highest BCUT2D eigenvalue weighted by molar-refractivity contribution is 6.76.